The highest BCUT2D eigenvalue weighted by Crippen LogP contribution is 2.42. The zero-order valence-electron chi connectivity index (χ0n) is 16.3. The van der Waals surface area contributed by atoms with Gasteiger partial charge in [-0.2, -0.15) is 0 Å². The molecule has 2 nitrogen and oxygen atoms in total. The number of benzene rings is 3. The monoisotopic (exact) mass is 368 g/mol. The first kappa shape index (κ1) is 18.2. The van der Waals surface area contributed by atoms with Gasteiger partial charge in [0.2, 0.25) is 0 Å². The van der Waals surface area contributed by atoms with Crippen LogP contribution in [0.15, 0.2) is 84.9 Å². The van der Waals surface area contributed by atoms with E-state index >= 15 is 0 Å². The predicted molar refractivity (Wildman–Crippen MR) is 113 cm³/mol. The first-order valence-electron chi connectivity index (χ1n) is 9.73. The minimum Gasteiger partial charge on any atom is -0.426 e. The SMILES string of the molecule is CC(C)C(=O)Oc1ccc2c(c1)CC(c1ccccc1)(c1ccccc1)C=C2. The molecule has 0 saturated carbocycles. The molecule has 0 aromatic heterocycles. The van der Waals surface area contributed by atoms with Gasteiger partial charge in [0.1, 0.15) is 5.75 Å². The van der Waals surface area contributed by atoms with Crippen molar-refractivity contribution < 1.29 is 9.53 Å². The summed E-state index contributed by atoms with van der Waals surface area (Å²) in [4.78, 5) is 12.0. The number of rotatable bonds is 4. The topological polar surface area (TPSA) is 26.3 Å². The van der Waals surface area contributed by atoms with Crippen LogP contribution in [-0.2, 0) is 16.6 Å². The lowest BCUT2D eigenvalue weighted by Gasteiger charge is -2.35. The number of allylic oxidation sites excluding steroid dienone is 1. The molecule has 1 aliphatic rings. The largest absolute Gasteiger partial charge is 0.426 e. The molecule has 2 heteroatoms. The third-order valence-corrected chi connectivity index (χ3v) is 5.40. The molecule has 0 spiro atoms. The van der Waals surface area contributed by atoms with Crippen molar-refractivity contribution in [3.05, 3.63) is 107 Å². The molecule has 0 heterocycles. The highest BCUT2D eigenvalue weighted by molar-refractivity contribution is 5.75. The van der Waals surface area contributed by atoms with E-state index < -0.39 is 0 Å². The molecule has 3 aromatic rings. The van der Waals surface area contributed by atoms with Crippen LogP contribution in [0.1, 0.15) is 36.1 Å². The van der Waals surface area contributed by atoms with E-state index in [9.17, 15) is 4.79 Å². The van der Waals surface area contributed by atoms with E-state index in [1.165, 1.54) is 22.3 Å². The Labute approximate surface area is 166 Å². The maximum atomic E-state index is 12.0. The average Bonchev–Trinajstić information content (AvgIpc) is 2.74. The molecule has 0 atom stereocenters. The number of hydrogen-bond acceptors (Lipinski definition) is 2. The van der Waals surface area contributed by atoms with Gasteiger partial charge in [0.25, 0.3) is 0 Å². The first-order valence-corrected chi connectivity index (χ1v) is 9.73. The molecule has 0 saturated heterocycles. The van der Waals surface area contributed by atoms with Crippen LogP contribution in [0.5, 0.6) is 5.75 Å². The van der Waals surface area contributed by atoms with Gasteiger partial charge >= 0.3 is 5.97 Å². The molecule has 140 valence electrons. The second-order valence-electron chi connectivity index (χ2n) is 7.65. The quantitative estimate of drug-likeness (QED) is 0.429. The van der Waals surface area contributed by atoms with Crippen molar-refractivity contribution in [1.82, 2.24) is 0 Å². The number of fused-ring (bicyclic) bond motifs is 1. The predicted octanol–water partition coefficient (Wildman–Crippen LogP) is 5.80. The van der Waals surface area contributed by atoms with Gasteiger partial charge in [0.15, 0.2) is 0 Å². The summed E-state index contributed by atoms with van der Waals surface area (Å²) in [5, 5.41) is 0. The Morgan fingerprint density at radius 3 is 2.07 bits per heavy atom. The Bertz CT molecular complexity index is 962. The average molecular weight is 368 g/mol. The lowest BCUT2D eigenvalue weighted by atomic mass is 9.67. The van der Waals surface area contributed by atoms with Gasteiger partial charge in [-0.1, -0.05) is 92.7 Å². The fourth-order valence-electron chi connectivity index (χ4n) is 3.82. The van der Waals surface area contributed by atoms with Crippen LogP contribution in [0.3, 0.4) is 0 Å². The van der Waals surface area contributed by atoms with Crippen LogP contribution < -0.4 is 4.74 Å². The van der Waals surface area contributed by atoms with Gasteiger partial charge < -0.3 is 4.74 Å². The van der Waals surface area contributed by atoms with Crippen molar-refractivity contribution >= 4 is 12.0 Å². The normalized spacial score (nSPS) is 14.5. The summed E-state index contributed by atoms with van der Waals surface area (Å²) < 4.78 is 5.56. The highest BCUT2D eigenvalue weighted by Gasteiger charge is 2.34. The third kappa shape index (κ3) is 3.38. The molecule has 0 N–H and O–H groups in total. The van der Waals surface area contributed by atoms with E-state index in [0.29, 0.717) is 5.75 Å². The van der Waals surface area contributed by atoms with Crippen LogP contribution in [0, 0.1) is 5.92 Å². The molecule has 1 aliphatic carbocycles. The molecule has 0 bridgehead atoms. The molecule has 0 radical (unpaired) electrons. The standard InChI is InChI=1S/C26H24O2/c1-19(2)25(27)28-24-14-13-20-15-16-26(18-21(20)17-24,22-9-5-3-6-10-22)23-11-7-4-8-12-23/h3-17,19H,18H2,1-2H3. The van der Waals surface area contributed by atoms with Gasteiger partial charge in [-0.3, -0.25) is 4.79 Å². The fraction of sp³-hybridized carbons (Fsp3) is 0.192. The van der Waals surface area contributed by atoms with E-state index in [4.69, 9.17) is 4.74 Å². The maximum Gasteiger partial charge on any atom is 0.313 e. The number of ether oxygens (including phenoxy) is 1. The Balaban J connectivity index is 1.78. The van der Waals surface area contributed by atoms with Gasteiger partial charge in [-0.15, -0.1) is 0 Å². The molecule has 0 fully saturated rings. The molecule has 0 unspecified atom stereocenters. The molecule has 3 aromatic carbocycles. The van der Waals surface area contributed by atoms with E-state index in [1.807, 2.05) is 44.2 Å². The molecule has 0 aliphatic heterocycles. The zero-order chi connectivity index (χ0) is 19.6. The van der Waals surface area contributed by atoms with Gasteiger partial charge in [0.05, 0.1) is 5.92 Å². The lowest BCUT2D eigenvalue weighted by Crippen LogP contribution is -2.30. The molecular formula is C26H24O2. The fourth-order valence-corrected chi connectivity index (χ4v) is 3.82. The lowest BCUT2D eigenvalue weighted by molar-refractivity contribution is -0.137. The van der Waals surface area contributed by atoms with Crippen LogP contribution in [0.25, 0.3) is 6.08 Å². The van der Waals surface area contributed by atoms with Crippen molar-refractivity contribution in [2.75, 3.05) is 0 Å². The summed E-state index contributed by atoms with van der Waals surface area (Å²) >= 11 is 0. The summed E-state index contributed by atoms with van der Waals surface area (Å²) in [6.45, 7) is 3.69. The van der Waals surface area contributed by atoms with Crippen molar-refractivity contribution in [2.45, 2.75) is 25.7 Å². The summed E-state index contributed by atoms with van der Waals surface area (Å²) in [6, 6.07) is 27.1. The van der Waals surface area contributed by atoms with Crippen molar-refractivity contribution in [2.24, 2.45) is 5.92 Å². The summed E-state index contributed by atoms with van der Waals surface area (Å²) in [5.74, 6) is 0.259. The van der Waals surface area contributed by atoms with Crippen molar-refractivity contribution in [3.8, 4) is 5.75 Å². The minimum atomic E-state index is -0.240. The molecule has 28 heavy (non-hydrogen) atoms. The van der Waals surface area contributed by atoms with Crippen LogP contribution in [-0.4, -0.2) is 5.97 Å². The molecule has 4 rings (SSSR count). The van der Waals surface area contributed by atoms with Gasteiger partial charge in [-0.05, 0) is 40.8 Å². The summed E-state index contributed by atoms with van der Waals surface area (Å²) in [7, 11) is 0. The number of carbonyl (C=O) groups is 1. The van der Waals surface area contributed by atoms with Crippen molar-refractivity contribution in [1.29, 1.82) is 0 Å². The maximum absolute atomic E-state index is 12.0. The third-order valence-electron chi connectivity index (χ3n) is 5.40. The van der Waals surface area contributed by atoms with E-state index in [1.54, 1.807) is 0 Å². The molecule has 0 amide bonds. The Hall–Kier alpha value is -3.13. The first-order chi connectivity index (χ1) is 13.6. The van der Waals surface area contributed by atoms with Gasteiger partial charge in [-0.25, -0.2) is 0 Å². The van der Waals surface area contributed by atoms with Gasteiger partial charge in [0, 0.05) is 5.41 Å². The van der Waals surface area contributed by atoms with E-state index in [0.717, 1.165) is 6.42 Å². The second-order valence-corrected chi connectivity index (χ2v) is 7.65. The van der Waals surface area contributed by atoms with E-state index in [2.05, 4.69) is 60.7 Å². The summed E-state index contributed by atoms with van der Waals surface area (Å²) in [6.07, 6.45) is 5.31. The number of esters is 1. The van der Waals surface area contributed by atoms with Crippen LogP contribution >= 0.6 is 0 Å². The minimum absolute atomic E-state index is 0.149. The zero-order valence-corrected chi connectivity index (χ0v) is 16.3. The van der Waals surface area contributed by atoms with Crippen LogP contribution in [0.2, 0.25) is 0 Å². The van der Waals surface area contributed by atoms with Crippen molar-refractivity contribution in [3.63, 3.8) is 0 Å². The van der Waals surface area contributed by atoms with E-state index in [-0.39, 0.29) is 17.3 Å². The highest BCUT2D eigenvalue weighted by atomic mass is 16.5. The number of carbonyl (C=O) groups excluding carboxylic acids is 1. The Morgan fingerprint density at radius 2 is 1.50 bits per heavy atom. The van der Waals surface area contributed by atoms with Crippen LogP contribution in [0.4, 0.5) is 0 Å². The Morgan fingerprint density at radius 1 is 0.893 bits per heavy atom. The molecular weight excluding hydrogens is 344 g/mol. The second kappa shape index (κ2) is 7.47. The smallest absolute Gasteiger partial charge is 0.313 e. The number of hydrogen-bond donors (Lipinski definition) is 0. The Kier molecular flexibility index (Phi) is 4.87. The summed E-state index contributed by atoms with van der Waals surface area (Å²) in [5.41, 5.74) is 4.63.